The first-order chi connectivity index (χ1) is 12.2. The van der Waals surface area contributed by atoms with Gasteiger partial charge in [0.1, 0.15) is 12.1 Å². The lowest BCUT2D eigenvalue weighted by Crippen LogP contribution is -2.23. The zero-order valence-corrected chi connectivity index (χ0v) is 14.4. The van der Waals surface area contributed by atoms with Crippen molar-refractivity contribution in [1.29, 1.82) is 0 Å². The van der Waals surface area contributed by atoms with Crippen molar-refractivity contribution in [2.45, 2.75) is 39.3 Å². The van der Waals surface area contributed by atoms with Crippen LogP contribution in [0.25, 0.3) is 11.4 Å². The molecule has 25 heavy (non-hydrogen) atoms. The average Bonchev–Trinajstić information content (AvgIpc) is 3.22. The van der Waals surface area contributed by atoms with Crippen LogP contribution in [0, 0.1) is 13.8 Å². The lowest BCUT2D eigenvalue weighted by Gasteiger charge is -2.24. The first kappa shape index (κ1) is 15.8. The van der Waals surface area contributed by atoms with Gasteiger partial charge in [0, 0.05) is 30.7 Å². The molecule has 7 heteroatoms. The van der Waals surface area contributed by atoms with Crippen LogP contribution in [0.1, 0.15) is 41.6 Å². The van der Waals surface area contributed by atoms with Crippen LogP contribution in [0.4, 0.5) is 0 Å². The van der Waals surface area contributed by atoms with Crippen LogP contribution in [0.3, 0.4) is 0 Å². The molecule has 7 nitrogen and oxygen atoms in total. The molecule has 0 spiro atoms. The molecule has 0 saturated carbocycles. The molecule has 0 aromatic carbocycles. The molecule has 1 fully saturated rings. The molecule has 4 rings (SSSR count). The summed E-state index contributed by atoms with van der Waals surface area (Å²) < 4.78 is 5.26. The molecule has 0 amide bonds. The minimum atomic E-state index is 0.280. The van der Waals surface area contributed by atoms with Crippen LogP contribution in [0.5, 0.6) is 0 Å². The monoisotopic (exact) mass is 336 g/mol. The first-order valence-corrected chi connectivity index (χ1v) is 8.46. The Kier molecular flexibility index (Phi) is 4.23. The van der Waals surface area contributed by atoms with Gasteiger partial charge in [-0.3, -0.25) is 4.90 Å². The highest BCUT2D eigenvalue weighted by Gasteiger charge is 2.28. The van der Waals surface area contributed by atoms with E-state index in [-0.39, 0.29) is 6.04 Å². The van der Waals surface area contributed by atoms with Gasteiger partial charge in [0.25, 0.3) is 0 Å². The van der Waals surface area contributed by atoms with Gasteiger partial charge in [0.15, 0.2) is 5.82 Å². The lowest BCUT2D eigenvalue weighted by molar-refractivity contribution is 0.244. The Labute approximate surface area is 146 Å². The summed E-state index contributed by atoms with van der Waals surface area (Å²) in [5.41, 5.74) is 3.87. The first-order valence-electron chi connectivity index (χ1n) is 8.46. The van der Waals surface area contributed by atoms with Crippen molar-refractivity contribution >= 4 is 0 Å². The molecule has 128 valence electrons. The van der Waals surface area contributed by atoms with E-state index in [0.29, 0.717) is 5.82 Å². The van der Waals surface area contributed by atoms with E-state index in [1.807, 2.05) is 38.5 Å². The summed E-state index contributed by atoms with van der Waals surface area (Å²) in [4.78, 5) is 19.9. The molecule has 1 atom stereocenters. The van der Waals surface area contributed by atoms with Gasteiger partial charge < -0.3 is 4.52 Å². The maximum atomic E-state index is 5.26. The van der Waals surface area contributed by atoms with Gasteiger partial charge in [-0.1, -0.05) is 5.16 Å². The topological polar surface area (TPSA) is 80.8 Å². The van der Waals surface area contributed by atoms with Crippen LogP contribution in [0.15, 0.2) is 35.5 Å². The molecule has 3 aromatic rings. The minimum absolute atomic E-state index is 0.280. The number of rotatable bonds is 4. The molecule has 0 N–H and O–H groups in total. The highest BCUT2D eigenvalue weighted by molar-refractivity contribution is 5.59. The second kappa shape index (κ2) is 6.68. The van der Waals surface area contributed by atoms with Crippen molar-refractivity contribution in [3.05, 3.63) is 53.7 Å². The summed E-state index contributed by atoms with van der Waals surface area (Å²) in [7, 11) is 0. The Balaban J connectivity index is 1.62. The van der Waals surface area contributed by atoms with E-state index in [4.69, 9.17) is 9.51 Å². The average molecular weight is 336 g/mol. The Morgan fingerprint density at radius 3 is 2.84 bits per heavy atom. The molecule has 4 heterocycles. The van der Waals surface area contributed by atoms with Crippen molar-refractivity contribution in [3.8, 4) is 11.4 Å². The summed E-state index contributed by atoms with van der Waals surface area (Å²) >= 11 is 0. The van der Waals surface area contributed by atoms with Crippen LogP contribution in [-0.2, 0) is 6.54 Å². The quantitative estimate of drug-likeness (QED) is 0.724. The Hall–Kier alpha value is -2.67. The molecular formula is C18H20N6O. The second-order valence-electron chi connectivity index (χ2n) is 6.38. The van der Waals surface area contributed by atoms with Crippen molar-refractivity contribution in [1.82, 2.24) is 30.0 Å². The highest BCUT2D eigenvalue weighted by Crippen LogP contribution is 2.33. The molecular weight excluding hydrogens is 316 g/mol. The van der Waals surface area contributed by atoms with Gasteiger partial charge in [-0.15, -0.1) is 0 Å². The zero-order valence-electron chi connectivity index (χ0n) is 14.4. The summed E-state index contributed by atoms with van der Waals surface area (Å²) in [5, 5.41) is 4.01. The molecule has 0 aliphatic carbocycles. The number of hydrogen-bond acceptors (Lipinski definition) is 7. The van der Waals surface area contributed by atoms with Gasteiger partial charge in [-0.05, 0) is 39.3 Å². The number of aryl methyl sites for hydroxylation is 2. The summed E-state index contributed by atoms with van der Waals surface area (Å²) in [6.07, 6.45) is 9.38. The van der Waals surface area contributed by atoms with Crippen molar-refractivity contribution in [3.63, 3.8) is 0 Å². The molecule has 0 radical (unpaired) electrons. The molecule has 3 aromatic heterocycles. The summed E-state index contributed by atoms with van der Waals surface area (Å²) in [6, 6.07) is 2.29. The Morgan fingerprint density at radius 2 is 2.08 bits per heavy atom. The molecule has 1 aliphatic heterocycles. The number of aromatic nitrogens is 5. The van der Waals surface area contributed by atoms with Crippen LogP contribution >= 0.6 is 0 Å². The van der Waals surface area contributed by atoms with Gasteiger partial charge in [-0.25, -0.2) is 19.9 Å². The molecule has 1 aliphatic rings. The van der Waals surface area contributed by atoms with Gasteiger partial charge in [0.2, 0.25) is 0 Å². The van der Waals surface area contributed by atoms with E-state index >= 15 is 0 Å². The van der Waals surface area contributed by atoms with Crippen molar-refractivity contribution in [2.75, 3.05) is 6.54 Å². The minimum Gasteiger partial charge on any atom is -0.361 e. The normalized spacial score (nSPS) is 17.9. The SMILES string of the molecule is Cc1noc(C)c1-c1nccc([C@@H]2CCCN2Cc2cncnc2)n1. The van der Waals surface area contributed by atoms with Gasteiger partial charge in [-0.2, -0.15) is 0 Å². The lowest BCUT2D eigenvalue weighted by atomic mass is 10.1. The third-order valence-corrected chi connectivity index (χ3v) is 4.64. The Morgan fingerprint density at radius 1 is 1.24 bits per heavy atom. The maximum Gasteiger partial charge on any atom is 0.164 e. The fourth-order valence-corrected chi connectivity index (χ4v) is 3.48. The molecule has 0 bridgehead atoms. The van der Waals surface area contributed by atoms with Crippen molar-refractivity contribution in [2.24, 2.45) is 0 Å². The van der Waals surface area contributed by atoms with Crippen LogP contribution in [0.2, 0.25) is 0 Å². The van der Waals surface area contributed by atoms with E-state index in [9.17, 15) is 0 Å². The van der Waals surface area contributed by atoms with E-state index in [2.05, 4.69) is 25.0 Å². The van der Waals surface area contributed by atoms with E-state index < -0.39 is 0 Å². The van der Waals surface area contributed by atoms with Gasteiger partial charge >= 0.3 is 0 Å². The predicted molar refractivity (Wildman–Crippen MR) is 91.4 cm³/mol. The third-order valence-electron chi connectivity index (χ3n) is 4.64. The standard InChI is InChI=1S/C18H20N6O/c1-12-17(13(2)25-23-12)18-21-6-5-15(22-18)16-4-3-7-24(16)10-14-8-19-11-20-9-14/h5-6,8-9,11,16H,3-4,7,10H2,1-2H3/t16-/m0/s1. The maximum absolute atomic E-state index is 5.26. The van der Waals surface area contributed by atoms with E-state index in [1.54, 1.807) is 6.33 Å². The number of likely N-dealkylation sites (tertiary alicyclic amines) is 1. The fourth-order valence-electron chi connectivity index (χ4n) is 3.48. The summed E-state index contributed by atoms with van der Waals surface area (Å²) in [5.74, 6) is 1.43. The molecule has 1 saturated heterocycles. The van der Waals surface area contributed by atoms with E-state index in [1.165, 1.54) is 0 Å². The Bertz CT molecular complexity index is 844. The summed E-state index contributed by atoms with van der Waals surface area (Å²) in [6.45, 7) is 5.68. The van der Waals surface area contributed by atoms with Gasteiger partial charge in [0.05, 0.1) is 23.0 Å². The predicted octanol–water partition coefficient (Wildman–Crippen LogP) is 2.88. The number of hydrogen-bond donors (Lipinski definition) is 0. The molecule has 0 unspecified atom stereocenters. The third kappa shape index (κ3) is 3.15. The van der Waals surface area contributed by atoms with Crippen LogP contribution < -0.4 is 0 Å². The largest absolute Gasteiger partial charge is 0.361 e. The zero-order chi connectivity index (χ0) is 17.2. The van der Waals surface area contributed by atoms with E-state index in [0.717, 1.165) is 54.2 Å². The van der Waals surface area contributed by atoms with Crippen LogP contribution in [-0.4, -0.2) is 36.5 Å². The highest BCUT2D eigenvalue weighted by atomic mass is 16.5. The smallest absolute Gasteiger partial charge is 0.164 e. The van der Waals surface area contributed by atoms with Crippen molar-refractivity contribution < 1.29 is 4.52 Å². The second-order valence-corrected chi connectivity index (χ2v) is 6.38. The number of nitrogens with zero attached hydrogens (tertiary/aromatic N) is 6. The fraction of sp³-hybridized carbons (Fsp3) is 0.389.